The van der Waals surface area contributed by atoms with Crippen molar-refractivity contribution in [1.29, 1.82) is 0 Å². The van der Waals surface area contributed by atoms with Crippen LogP contribution in [-0.4, -0.2) is 21.7 Å². The molecule has 3 rings (SSSR count). The molecular formula is C22H24FN3O. The zero-order valence-electron chi connectivity index (χ0n) is 16.1. The molecule has 0 aliphatic heterocycles. The summed E-state index contributed by atoms with van der Waals surface area (Å²) in [6.45, 7) is 7.92. The van der Waals surface area contributed by atoms with Crippen molar-refractivity contribution in [2.24, 2.45) is 0 Å². The van der Waals surface area contributed by atoms with E-state index in [1.165, 1.54) is 6.07 Å². The number of halogens is 1. The molecule has 1 unspecified atom stereocenters. The first kappa shape index (κ1) is 18.8. The van der Waals surface area contributed by atoms with Gasteiger partial charge in [-0.1, -0.05) is 31.2 Å². The molecule has 1 amide bonds. The highest BCUT2D eigenvalue weighted by Crippen LogP contribution is 2.26. The van der Waals surface area contributed by atoms with E-state index < -0.39 is 0 Å². The lowest BCUT2D eigenvalue weighted by Crippen LogP contribution is -2.33. The molecule has 0 bridgehead atoms. The van der Waals surface area contributed by atoms with Gasteiger partial charge in [-0.2, -0.15) is 5.10 Å². The van der Waals surface area contributed by atoms with Gasteiger partial charge in [-0.3, -0.25) is 4.79 Å². The topological polar surface area (TPSA) is 46.9 Å². The average Bonchev–Trinajstić information content (AvgIpc) is 3.09. The molecule has 0 saturated heterocycles. The highest BCUT2D eigenvalue weighted by Gasteiger charge is 2.21. The highest BCUT2D eigenvalue weighted by atomic mass is 19.1. The fraction of sp³-hybridized carbons (Fsp3) is 0.273. The molecular weight excluding hydrogens is 341 g/mol. The summed E-state index contributed by atoms with van der Waals surface area (Å²) in [4.78, 5) is 12.9. The number of hydrogen-bond donors (Lipinski definition) is 1. The summed E-state index contributed by atoms with van der Waals surface area (Å²) in [6.07, 6.45) is 0.823. The summed E-state index contributed by atoms with van der Waals surface area (Å²) in [7, 11) is 0. The van der Waals surface area contributed by atoms with Crippen molar-refractivity contribution >= 4 is 5.91 Å². The van der Waals surface area contributed by atoms with Gasteiger partial charge >= 0.3 is 0 Å². The van der Waals surface area contributed by atoms with Crippen LogP contribution in [0.15, 0.2) is 48.5 Å². The smallest absolute Gasteiger partial charge is 0.270 e. The van der Waals surface area contributed by atoms with Gasteiger partial charge in [-0.25, -0.2) is 9.07 Å². The van der Waals surface area contributed by atoms with Gasteiger partial charge in [0.1, 0.15) is 11.5 Å². The number of benzene rings is 2. The van der Waals surface area contributed by atoms with Crippen LogP contribution in [0.25, 0.3) is 16.9 Å². The van der Waals surface area contributed by atoms with Crippen molar-refractivity contribution in [2.75, 3.05) is 0 Å². The van der Waals surface area contributed by atoms with Crippen LogP contribution >= 0.6 is 0 Å². The standard InChI is InChI=1S/C22H24FN3O/c1-5-16(4)24-22(27)21-13-19(17-8-6-7-9-18(17)23)25-26(21)20-12-14(2)10-11-15(20)3/h6-13,16H,5H2,1-4H3,(H,24,27). The lowest BCUT2D eigenvalue weighted by molar-refractivity contribution is 0.0931. The Hall–Kier alpha value is -2.95. The largest absolute Gasteiger partial charge is 0.348 e. The molecule has 0 fully saturated rings. The van der Waals surface area contributed by atoms with Crippen LogP contribution in [0.5, 0.6) is 0 Å². The zero-order chi connectivity index (χ0) is 19.6. The number of aryl methyl sites for hydroxylation is 2. The van der Waals surface area contributed by atoms with E-state index >= 15 is 0 Å². The lowest BCUT2D eigenvalue weighted by atomic mass is 10.1. The van der Waals surface area contributed by atoms with Crippen molar-refractivity contribution in [3.63, 3.8) is 0 Å². The molecule has 3 aromatic rings. The average molecular weight is 365 g/mol. The van der Waals surface area contributed by atoms with E-state index in [0.29, 0.717) is 17.0 Å². The summed E-state index contributed by atoms with van der Waals surface area (Å²) < 4.78 is 15.9. The predicted octanol–water partition coefficient (Wildman–Crippen LogP) is 4.82. The van der Waals surface area contributed by atoms with Crippen molar-refractivity contribution < 1.29 is 9.18 Å². The van der Waals surface area contributed by atoms with Gasteiger partial charge in [0.15, 0.2) is 0 Å². The Bertz CT molecular complexity index is 977. The Morgan fingerprint density at radius 1 is 1.19 bits per heavy atom. The first-order valence-corrected chi connectivity index (χ1v) is 9.14. The lowest BCUT2D eigenvalue weighted by Gasteiger charge is -2.14. The summed E-state index contributed by atoms with van der Waals surface area (Å²) in [5, 5.41) is 7.56. The summed E-state index contributed by atoms with van der Waals surface area (Å²) in [5.74, 6) is -0.586. The number of aromatic nitrogens is 2. The Morgan fingerprint density at radius 2 is 1.93 bits per heavy atom. The van der Waals surface area contributed by atoms with Crippen LogP contribution in [-0.2, 0) is 0 Å². The third-order valence-corrected chi connectivity index (χ3v) is 4.67. The number of nitrogens with zero attached hydrogens (tertiary/aromatic N) is 2. The molecule has 1 aromatic heterocycles. The van der Waals surface area contributed by atoms with Gasteiger partial charge in [0.05, 0.1) is 11.4 Å². The first-order chi connectivity index (χ1) is 12.9. The van der Waals surface area contributed by atoms with Crippen LogP contribution in [0.4, 0.5) is 4.39 Å². The number of nitrogens with one attached hydrogen (secondary N) is 1. The van der Waals surface area contributed by atoms with Gasteiger partial charge in [0.2, 0.25) is 0 Å². The Balaban J connectivity index is 2.17. The van der Waals surface area contributed by atoms with Crippen molar-refractivity contribution in [3.05, 3.63) is 71.2 Å². The highest BCUT2D eigenvalue weighted by molar-refractivity contribution is 5.94. The van der Waals surface area contributed by atoms with Crippen LogP contribution in [0.1, 0.15) is 41.9 Å². The van der Waals surface area contributed by atoms with E-state index in [0.717, 1.165) is 23.2 Å². The number of carbonyl (C=O) groups is 1. The maximum absolute atomic E-state index is 14.3. The first-order valence-electron chi connectivity index (χ1n) is 9.14. The van der Waals surface area contributed by atoms with E-state index in [4.69, 9.17) is 0 Å². The maximum Gasteiger partial charge on any atom is 0.270 e. The molecule has 5 heteroatoms. The molecule has 1 N–H and O–H groups in total. The molecule has 0 aliphatic rings. The molecule has 27 heavy (non-hydrogen) atoms. The van der Waals surface area contributed by atoms with Crippen LogP contribution in [0, 0.1) is 19.7 Å². The summed E-state index contributed by atoms with van der Waals surface area (Å²) >= 11 is 0. The van der Waals surface area contributed by atoms with Crippen molar-refractivity contribution in [1.82, 2.24) is 15.1 Å². The normalized spacial score (nSPS) is 12.0. The van der Waals surface area contributed by atoms with Crippen molar-refractivity contribution in [3.8, 4) is 16.9 Å². The van der Waals surface area contributed by atoms with E-state index in [9.17, 15) is 9.18 Å². The van der Waals surface area contributed by atoms with Crippen LogP contribution in [0.2, 0.25) is 0 Å². The van der Waals surface area contributed by atoms with E-state index in [1.54, 1.807) is 28.9 Å². The second-order valence-corrected chi connectivity index (χ2v) is 6.88. The quantitative estimate of drug-likeness (QED) is 0.704. The minimum absolute atomic E-state index is 0.0383. The predicted molar refractivity (Wildman–Crippen MR) is 106 cm³/mol. The number of hydrogen-bond acceptors (Lipinski definition) is 2. The van der Waals surface area contributed by atoms with E-state index in [-0.39, 0.29) is 17.8 Å². The SMILES string of the molecule is CCC(C)NC(=O)c1cc(-c2ccccc2F)nn1-c1cc(C)ccc1C. The van der Waals surface area contributed by atoms with Gasteiger partial charge in [0, 0.05) is 11.6 Å². The van der Waals surface area contributed by atoms with Gasteiger partial charge in [0.25, 0.3) is 5.91 Å². The van der Waals surface area contributed by atoms with Gasteiger partial charge in [-0.05, 0) is 62.6 Å². The molecule has 1 heterocycles. The second-order valence-electron chi connectivity index (χ2n) is 6.88. The molecule has 2 aromatic carbocycles. The molecule has 0 saturated carbocycles. The number of rotatable bonds is 5. The molecule has 1 atom stereocenters. The Kier molecular flexibility index (Phi) is 5.40. The van der Waals surface area contributed by atoms with E-state index in [2.05, 4.69) is 10.4 Å². The molecule has 0 aliphatic carbocycles. The third-order valence-electron chi connectivity index (χ3n) is 4.67. The number of amides is 1. The zero-order valence-corrected chi connectivity index (χ0v) is 16.1. The summed E-state index contributed by atoms with van der Waals surface area (Å²) in [5.41, 5.74) is 4.06. The third kappa shape index (κ3) is 3.92. The van der Waals surface area contributed by atoms with E-state index in [1.807, 2.05) is 45.9 Å². The molecule has 0 spiro atoms. The number of carbonyl (C=O) groups excluding carboxylic acids is 1. The fourth-order valence-corrected chi connectivity index (χ4v) is 2.87. The van der Waals surface area contributed by atoms with Crippen LogP contribution in [0.3, 0.4) is 0 Å². The molecule has 0 radical (unpaired) electrons. The molecule has 4 nitrogen and oxygen atoms in total. The molecule has 140 valence electrons. The van der Waals surface area contributed by atoms with Crippen LogP contribution < -0.4 is 5.32 Å². The maximum atomic E-state index is 14.3. The summed E-state index contributed by atoms with van der Waals surface area (Å²) in [6, 6.07) is 14.1. The fourth-order valence-electron chi connectivity index (χ4n) is 2.87. The van der Waals surface area contributed by atoms with Gasteiger partial charge < -0.3 is 5.32 Å². The minimum atomic E-state index is -0.364. The second kappa shape index (κ2) is 7.74. The van der Waals surface area contributed by atoms with Gasteiger partial charge in [-0.15, -0.1) is 0 Å². The Labute approximate surface area is 159 Å². The monoisotopic (exact) mass is 365 g/mol. The minimum Gasteiger partial charge on any atom is -0.348 e. The Morgan fingerprint density at radius 3 is 2.63 bits per heavy atom. The van der Waals surface area contributed by atoms with Crippen molar-refractivity contribution in [2.45, 2.75) is 40.2 Å².